The molecule has 0 heterocycles. The Hall–Kier alpha value is -2.69. The second kappa shape index (κ2) is 7.92. The van der Waals surface area contributed by atoms with Crippen molar-refractivity contribution >= 4 is 15.9 Å². The average Bonchev–Trinajstić information content (AvgIpc) is 2.62. The van der Waals surface area contributed by atoms with Gasteiger partial charge in [0.2, 0.25) is 15.9 Å². The van der Waals surface area contributed by atoms with E-state index >= 15 is 0 Å². The van der Waals surface area contributed by atoms with E-state index < -0.39 is 10.0 Å². The highest BCUT2D eigenvalue weighted by Crippen LogP contribution is 2.15. The van der Waals surface area contributed by atoms with Gasteiger partial charge in [0.25, 0.3) is 0 Å². The highest BCUT2D eigenvalue weighted by atomic mass is 32.2. The predicted octanol–water partition coefficient (Wildman–Crippen LogP) is 1.84. The molecular formula is C18H19N3O3S. The number of nitriles is 1. The smallest absolute Gasteiger partial charge is 0.243 e. The van der Waals surface area contributed by atoms with Gasteiger partial charge in [-0.15, -0.1) is 0 Å². The van der Waals surface area contributed by atoms with Crippen LogP contribution in [-0.2, 0) is 21.4 Å². The lowest BCUT2D eigenvalue weighted by atomic mass is 10.2. The van der Waals surface area contributed by atoms with Crippen molar-refractivity contribution in [2.45, 2.75) is 11.4 Å². The molecule has 0 spiro atoms. The summed E-state index contributed by atoms with van der Waals surface area (Å²) in [6, 6.07) is 17.0. The van der Waals surface area contributed by atoms with E-state index in [1.807, 2.05) is 36.4 Å². The summed E-state index contributed by atoms with van der Waals surface area (Å²) in [5.41, 5.74) is 1.34. The van der Waals surface area contributed by atoms with Crippen LogP contribution in [0.3, 0.4) is 0 Å². The first-order valence-corrected chi connectivity index (χ1v) is 9.03. The molecule has 0 bridgehead atoms. The Morgan fingerprint density at radius 2 is 1.64 bits per heavy atom. The van der Waals surface area contributed by atoms with Gasteiger partial charge in [-0.05, 0) is 29.8 Å². The maximum absolute atomic E-state index is 12.5. The summed E-state index contributed by atoms with van der Waals surface area (Å²) >= 11 is 0. The summed E-state index contributed by atoms with van der Waals surface area (Å²) in [6.07, 6.45) is 0. The molecule has 0 aliphatic rings. The van der Waals surface area contributed by atoms with E-state index in [9.17, 15) is 13.2 Å². The Labute approximate surface area is 148 Å². The fourth-order valence-electron chi connectivity index (χ4n) is 2.22. The van der Waals surface area contributed by atoms with Crippen molar-refractivity contribution in [1.82, 2.24) is 9.21 Å². The van der Waals surface area contributed by atoms with Gasteiger partial charge in [0.05, 0.1) is 23.1 Å². The molecule has 2 rings (SSSR count). The van der Waals surface area contributed by atoms with Gasteiger partial charge in [-0.3, -0.25) is 4.79 Å². The molecule has 0 radical (unpaired) electrons. The van der Waals surface area contributed by atoms with E-state index in [1.54, 1.807) is 7.05 Å². The number of nitrogens with zero attached hydrogens (tertiary/aromatic N) is 3. The van der Waals surface area contributed by atoms with Crippen molar-refractivity contribution < 1.29 is 13.2 Å². The summed E-state index contributed by atoms with van der Waals surface area (Å²) in [5.74, 6) is -0.302. The van der Waals surface area contributed by atoms with Crippen LogP contribution in [-0.4, -0.2) is 44.2 Å². The molecule has 0 atom stereocenters. The van der Waals surface area contributed by atoms with Gasteiger partial charge in [0.1, 0.15) is 0 Å². The Balaban J connectivity index is 2.05. The van der Waals surface area contributed by atoms with E-state index in [4.69, 9.17) is 5.26 Å². The van der Waals surface area contributed by atoms with Crippen molar-refractivity contribution in [3.63, 3.8) is 0 Å². The predicted molar refractivity (Wildman–Crippen MR) is 93.9 cm³/mol. The molecule has 0 N–H and O–H groups in total. The molecule has 0 aliphatic carbocycles. The van der Waals surface area contributed by atoms with Crippen LogP contribution in [0.25, 0.3) is 0 Å². The zero-order chi connectivity index (χ0) is 18.4. The summed E-state index contributed by atoms with van der Waals surface area (Å²) < 4.78 is 26.1. The van der Waals surface area contributed by atoms with Gasteiger partial charge in [-0.1, -0.05) is 30.3 Å². The van der Waals surface area contributed by atoms with Crippen molar-refractivity contribution in [3.05, 3.63) is 65.7 Å². The Bertz CT molecular complexity index is 872. The highest BCUT2D eigenvalue weighted by Gasteiger charge is 2.24. The van der Waals surface area contributed by atoms with Crippen LogP contribution in [0.4, 0.5) is 0 Å². The second-order valence-corrected chi connectivity index (χ2v) is 7.68. The number of hydrogen-bond donors (Lipinski definition) is 0. The van der Waals surface area contributed by atoms with Crippen LogP contribution < -0.4 is 0 Å². The first kappa shape index (κ1) is 18.6. The monoisotopic (exact) mass is 357 g/mol. The molecule has 0 saturated heterocycles. The van der Waals surface area contributed by atoms with Crippen LogP contribution in [0, 0.1) is 11.3 Å². The van der Waals surface area contributed by atoms with Gasteiger partial charge >= 0.3 is 0 Å². The molecule has 0 aliphatic heterocycles. The van der Waals surface area contributed by atoms with Crippen LogP contribution in [0.2, 0.25) is 0 Å². The normalized spacial score (nSPS) is 11.1. The lowest BCUT2D eigenvalue weighted by Crippen LogP contribution is -2.39. The minimum atomic E-state index is -3.79. The van der Waals surface area contributed by atoms with Crippen molar-refractivity contribution in [1.29, 1.82) is 5.26 Å². The number of hydrogen-bond acceptors (Lipinski definition) is 4. The van der Waals surface area contributed by atoms with Gasteiger partial charge < -0.3 is 4.90 Å². The molecule has 0 aromatic heterocycles. The van der Waals surface area contributed by atoms with Crippen LogP contribution in [0.1, 0.15) is 11.1 Å². The number of benzene rings is 2. The molecule has 2 aromatic carbocycles. The first-order chi connectivity index (χ1) is 11.8. The molecule has 25 heavy (non-hydrogen) atoms. The Morgan fingerprint density at radius 1 is 1.04 bits per heavy atom. The van der Waals surface area contributed by atoms with Crippen LogP contribution in [0.5, 0.6) is 0 Å². The summed E-state index contributed by atoms with van der Waals surface area (Å²) in [4.78, 5) is 13.8. The summed E-state index contributed by atoms with van der Waals surface area (Å²) in [7, 11) is -0.790. The van der Waals surface area contributed by atoms with E-state index in [0.29, 0.717) is 12.1 Å². The number of rotatable bonds is 6. The quantitative estimate of drug-likeness (QED) is 0.790. The lowest BCUT2D eigenvalue weighted by Gasteiger charge is -2.22. The number of carbonyl (C=O) groups is 1. The molecule has 0 unspecified atom stereocenters. The fourth-order valence-corrected chi connectivity index (χ4v) is 3.34. The van der Waals surface area contributed by atoms with Crippen molar-refractivity contribution in [3.8, 4) is 6.07 Å². The summed E-state index contributed by atoms with van der Waals surface area (Å²) in [5, 5.41) is 8.78. The van der Waals surface area contributed by atoms with Crippen LogP contribution >= 0.6 is 0 Å². The molecule has 2 aromatic rings. The number of carbonyl (C=O) groups excluding carboxylic acids is 1. The first-order valence-electron chi connectivity index (χ1n) is 7.59. The third-order valence-corrected chi connectivity index (χ3v) is 5.56. The third kappa shape index (κ3) is 4.66. The maximum Gasteiger partial charge on any atom is 0.243 e. The minimum absolute atomic E-state index is 0.0486. The van der Waals surface area contributed by atoms with Crippen LogP contribution in [0.15, 0.2) is 59.5 Å². The molecule has 6 nitrogen and oxygen atoms in total. The summed E-state index contributed by atoms with van der Waals surface area (Å²) in [6.45, 7) is 0.149. The molecule has 7 heteroatoms. The highest BCUT2D eigenvalue weighted by molar-refractivity contribution is 7.89. The number of sulfonamides is 1. The minimum Gasteiger partial charge on any atom is -0.340 e. The largest absolute Gasteiger partial charge is 0.340 e. The molecule has 0 fully saturated rings. The van der Waals surface area contributed by atoms with E-state index in [1.165, 1.54) is 36.2 Å². The SMILES string of the molecule is CN(Cc1ccccc1)C(=O)CN(C)S(=O)(=O)c1ccc(C#N)cc1. The van der Waals surface area contributed by atoms with Crippen molar-refractivity contribution in [2.75, 3.05) is 20.6 Å². The third-order valence-electron chi connectivity index (χ3n) is 3.74. The molecule has 130 valence electrons. The lowest BCUT2D eigenvalue weighted by molar-refractivity contribution is -0.130. The maximum atomic E-state index is 12.5. The van der Waals surface area contributed by atoms with Gasteiger partial charge in [0, 0.05) is 20.6 Å². The Kier molecular flexibility index (Phi) is 5.91. The topological polar surface area (TPSA) is 81.5 Å². The second-order valence-electron chi connectivity index (χ2n) is 5.63. The van der Waals surface area contributed by atoms with Gasteiger partial charge in [-0.2, -0.15) is 9.57 Å². The average molecular weight is 357 g/mol. The molecule has 0 saturated carbocycles. The number of likely N-dealkylation sites (N-methyl/N-ethyl adjacent to an activating group) is 2. The fraction of sp³-hybridized carbons (Fsp3) is 0.222. The number of amides is 1. The standard InChI is InChI=1S/C18H19N3O3S/c1-20(13-16-6-4-3-5-7-16)18(22)14-21(2)25(23,24)17-10-8-15(12-19)9-11-17/h3-11H,13-14H2,1-2H3. The van der Waals surface area contributed by atoms with E-state index in [-0.39, 0.29) is 17.3 Å². The van der Waals surface area contributed by atoms with E-state index in [2.05, 4.69) is 0 Å². The van der Waals surface area contributed by atoms with Gasteiger partial charge in [0.15, 0.2) is 0 Å². The van der Waals surface area contributed by atoms with Crippen molar-refractivity contribution in [2.24, 2.45) is 0 Å². The Morgan fingerprint density at radius 3 is 2.20 bits per heavy atom. The van der Waals surface area contributed by atoms with Gasteiger partial charge in [-0.25, -0.2) is 8.42 Å². The zero-order valence-corrected chi connectivity index (χ0v) is 14.9. The zero-order valence-electron chi connectivity index (χ0n) is 14.1. The van der Waals surface area contributed by atoms with E-state index in [0.717, 1.165) is 9.87 Å². The molecule has 1 amide bonds. The molecular weight excluding hydrogens is 338 g/mol.